The first-order valence-corrected chi connectivity index (χ1v) is 9.04. The molecule has 24 heavy (non-hydrogen) atoms. The van der Waals surface area contributed by atoms with Gasteiger partial charge in [0.05, 0.1) is 11.8 Å². The van der Waals surface area contributed by atoms with Crippen LogP contribution in [0.3, 0.4) is 0 Å². The molecule has 1 aromatic rings. The highest BCUT2D eigenvalue weighted by Gasteiger charge is 2.36. The van der Waals surface area contributed by atoms with Gasteiger partial charge in [0.15, 0.2) is 0 Å². The van der Waals surface area contributed by atoms with Crippen LogP contribution in [0, 0.1) is 11.8 Å². The van der Waals surface area contributed by atoms with Crippen molar-refractivity contribution < 1.29 is 14.0 Å². The average molecular weight is 328 g/mol. The quantitative estimate of drug-likeness (QED) is 0.846. The number of rotatable bonds is 5. The number of likely N-dealkylation sites (tertiary alicyclic amines) is 1. The lowest BCUT2D eigenvalue weighted by atomic mass is 10.0. The number of amides is 2. The van der Waals surface area contributed by atoms with E-state index in [0.29, 0.717) is 30.5 Å². The highest BCUT2D eigenvalue weighted by Crippen LogP contribution is 2.48. The van der Waals surface area contributed by atoms with E-state index < -0.39 is 0 Å². The van der Waals surface area contributed by atoms with E-state index in [1.54, 1.807) is 6.07 Å². The number of furan rings is 1. The van der Waals surface area contributed by atoms with Gasteiger partial charge in [0.2, 0.25) is 5.91 Å². The van der Waals surface area contributed by atoms with E-state index in [2.05, 4.69) is 5.32 Å². The molecule has 0 atom stereocenters. The molecule has 1 aliphatic heterocycles. The first kappa shape index (κ1) is 15.5. The van der Waals surface area contributed by atoms with Crippen LogP contribution in [0.25, 0.3) is 0 Å². The zero-order chi connectivity index (χ0) is 16.5. The minimum Gasteiger partial charge on any atom is -0.472 e. The van der Waals surface area contributed by atoms with Crippen LogP contribution in [0.5, 0.6) is 0 Å². The molecule has 5 heteroatoms. The summed E-state index contributed by atoms with van der Waals surface area (Å²) in [6, 6.07) is 1.86. The monoisotopic (exact) mass is 328 g/mol. The van der Waals surface area contributed by atoms with Crippen LogP contribution in [-0.2, 0) is 4.79 Å². The predicted molar refractivity (Wildman–Crippen MR) is 89.3 cm³/mol. The Hall–Kier alpha value is -2.04. The Balaban J connectivity index is 1.27. The number of allylic oxidation sites excluding steroid dienone is 1. The van der Waals surface area contributed by atoms with Crippen molar-refractivity contribution in [1.82, 2.24) is 10.2 Å². The van der Waals surface area contributed by atoms with E-state index in [4.69, 9.17) is 4.42 Å². The van der Waals surface area contributed by atoms with Gasteiger partial charge in [-0.15, -0.1) is 0 Å². The standard InChI is InChI=1S/C19H24N2O3/c22-18(11-17(13-1-2-13)14-3-4-14)20-16-5-8-21(9-6-16)19(23)15-7-10-24-12-15/h7,10-14,16H,1-6,8-9H2,(H,20,22). The fourth-order valence-corrected chi connectivity index (χ4v) is 3.59. The first-order chi connectivity index (χ1) is 11.7. The number of piperidine rings is 1. The van der Waals surface area contributed by atoms with Crippen molar-refractivity contribution in [3.8, 4) is 0 Å². The summed E-state index contributed by atoms with van der Waals surface area (Å²) in [6.45, 7) is 1.35. The van der Waals surface area contributed by atoms with Gasteiger partial charge in [-0.25, -0.2) is 0 Å². The van der Waals surface area contributed by atoms with Crippen molar-refractivity contribution in [3.63, 3.8) is 0 Å². The number of nitrogens with zero attached hydrogens (tertiary/aromatic N) is 1. The molecule has 0 aromatic carbocycles. The van der Waals surface area contributed by atoms with Gasteiger partial charge in [-0.1, -0.05) is 5.57 Å². The molecule has 1 saturated heterocycles. The maximum Gasteiger partial charge on any atom is 0.257 e. The molecule has 1 aromatic heterocycles. The summed E-state index contributed by atoms with van der Waals surface area (Å²) in [5, 5.41) is 3.14. The van der Waals surface area contributed by atoms with Crippen LogP contribution in [0.1, 0.15) is 48.9 Å². The Kier molecular flexibility index (Phi) is 4.17. The smallest absolute Gasteiger partial charge is 0.257 e. The van der Waals surface area contributed by atoms with E-state index >= 15 is 0 Å². The van der Waals surface area contributed by atoms with E-state index in [1.165, 1.54) is 43.8 Å². The van der Waals surface area contributed by atoms with Crippen molar-refractivity contribution in [2.75, 3.05) is 13.1 Å². The van der Waals surface area contributed by atoms with Crippen LogP contribution in [0.4, 0.5) is 0 Å². The van der Waals surface area contributed by atoms with Gasteiger partial charge in [0.1, 0.15) is 6.26 Å². The van der Waals surface area contributed by atoms with Crippen molar-refractivity contribution in [1.29, 1.82) is 0 Å². The molecule has 1 N–H and O–H groups in total. The second-order valence-corrected chi connectivity index (χ2v) is 7.28. The number of carbonyl (C=O) groups excluding carboxylic acids is 2. The molecule has 5 nitrogen and oxygen atoms in total. The SMILES string of the molecule is O=C(C=C(C1CC1)C1CC1)NC1CCN(C(=O)c2ccoc2)CC1. The number of carbonyl (C=O) groups is 2. The normalized spacial score (nSPS) is 21.4. The second kappa shape index (κ2) is 6.46. The Morgan fingerprint density at radius 2 is 1.75 bits per heavy atom. The maximum atomic E-state index is 12.3. The highest BCUT2D eigenvalue weighted by atomic mass is 16.3. The lowest BCUT2D eigenvalue weighted by Crippen LogP contribution is -2.46. The molecule has 0 bridgehead atoms. The fourth-order valence-electron chi connectivity index (χ4n) is 3.59. The van der Waals surface area contributed by atoms with Crippen LogP contribution in [0.2, 0.25) is 0 Å². The van der Waals surface area contributed by atoms with E-state index in [0.717, 1.165) is 12.8 Å². The van der Waals surface area contributed by atoms with Gasteiger partial charge in [-0.2, -0.15) is 0 Å². The third-order valence-corrected chi connectivity index (χ3v) is 5.29. The second-order valence-electron chi connectivity index (χ2n) is 7.28. The van der Waals surface area contributed by atoms with E-state index in [-0.39, 0.29) is 17.9 Å². The van der Waals surface area contributed by atoms with Gasteiger partial charge >= 0.3 is 0 Å². The Morgan fingerprint density at radius 1 is 1.08 bits per heavy atom. The summed E-state index contributed by atoms with van der Waals surface area (Å²) in [5.41, 5.74) is 1.99. The van der Waals surface area contributed by atoms with Crippen molar-refractivity contribution in [2.45, 2.75) is 44.6 Å². The minimum atomic E-state index is 0.0122. The summed E-state index contributed by atoms with van der Waals surface area (Å²) in [5.74, 6) is 1.43. The zero-order valence-corrected chi connectivity index (χ0v) is 13.9. The lowest BCUT2D eigenvalue weighted by Gasteiger charge is -2.32. The molecule has 128 valence electrons. The molecule has 4 rings (SSSR count). The molecular formula is C19H24N2O3. The molecule has 0 radical (unpaired) electrons. The third kappa shape index (κ3) is 3.55. The lowest BCUT2D eigenvalue weighted by molar-refractivity contribution is -0.117. The van der Waals surface area contributed by atoms with Crippen LogP contribution < -0.4 is 5.32 Å². The van der Waals surface area contributed by atoms with Gasteiger partial charge < -0.3 is 14.6 Å². The molecule has 3 fully saturated rings. The Labute approximate surface area is 142 Å². The van der Waals surface area contributed by atoms with E-state index in [1.807, 2.05) is 11.0 Å². The largest absolute Gasteiger partial charge is 0.472 e. The molecule has 2 amide bonds. The van der Waals surface area contributed by atoms with Crippen molar-refractivity contribution in [2.24, 2.45) is 11.8 Å². The van der Waals surface area contributed by atoms with Gasteiger partial charge in [-0.3, -0.25) is 9.59 Å². The molecule has 2 saturated carbocycles. The summed E-state index contributed by atoms with van der Waals surface area (Å²) in [7, 11) is 0. The van der Waals surface area contributed by atoms with Gasteiger partial charge in [0, 0.05) is 25.2 Å². The highest BCUT2D eigenvalue weighted by molar-refractivity contribution is 5.94. The molecule has 0 spiro atoms. The topological polar surface area (TPSA) is 62.6 Å². The Bertz CT molecular complexity index is 620. The first-order valence-electron chi connectivity index (χ1n) is 9.04. The van der Waals surface area contributed by atoms with Crippen LogP contribution in [-0.4, -0.2) is 35.8 Å². The molecule has 2 heterocycles. The van der Waals surface area contributed by atoms with Gasteiger partial charge in [0.25, 0.3) is 5.91 Å². The Morgan fingerprint density at radius 3 is 2.29 bits per heavy atom. The van der Waals surface area contributed by atoms with Crippen molar-refractivity contribution >= 4 is 11.8 Å². The van der Waals surface area contributed by atoms with E-state index in [9.17, 15) is 9.59 Å². The summed E-state index contributed by atoms with van der Waals surface area (Å²) < 4.78 is 4.97. The molecule has 2 aliphatic carbocycles. The van der Waals surface area contributed by atoms with Gasteiger partial charge in [-0.05, 0) is 56.4 Å². The number of hydrogen-bond acceptors (Lipinski definition) is 3. The molecule has 0 unspecified atom stereocenters. The minimum absolute atomic E-state index is 0.0122. The molecule has 3 aliphatic rings. The van der Waals surface area contributed by atoms with Crippen molar-refractivity contribution in [3.05, 3.63) is 35.8 Å². The predicted octanol–water partition coefficient (Wildman–Crippen LogP) is 2.75. The third-order valence-electron chi connectivity index (χ3n) is 5.29. The summed E-state index contributed by atoms with van der Waals surface area (Å²) in [4.78, 5) is 26.4. The molecular weight excluding hydrogens is 304 g/mol. The number of hydrogen-bond donors (Lipinski definition) is 1. The average Bonchev–Trinajstić information content (AvgIpc) is 3.52. The van der Waals surface area contributed by atoms with Crippen LogP contribution >= 0.6 is 0 Å². The summed E-state index contributed by atoms with van der Waals surface area (Å²) >= 11 is 0. The summed E-state index contributed by atoms with van der Waals surface area (Å²) in [6.07, 6.45) is 11.5. The zero-order valence-electron chi connectivity index (χ0n) is 13.9. The number of nitrogens with one attached hydrogen (secondary N) is 1. The maximum absolute atomic E-state index is 12.3. The van der Waals surface area contributed by atoms with Crippen LogP contribution in [0.15, 0.2) is 34.7 Å². The fraction of sp³-hybridized carbons (Fsp3) is 0.579.